The Morgan fingerprint density at radius 3 is 2.94 bits per heavy atom. The molecule has 0 amide bonds. The van der Waals surface area contributed by atoms with Crippen LogP contribution in [0.1, 0.15) is 6.42 Å². The summed E-state index contributed by atoms with van der Waals surface area (Å²) in [5, 5.41) is 0.635. The molecular weight excluding hydrogens is 250 g/mol. The van der Waals surface area contributed by atoms with Gasteiger partial charge in [-0.15, -0.1) is 6.58 Å². The van der Waals surface area contributed by atoms with E-state index in [1.165, 1.54) is 6.20 Å². The lowest BCUT2D eigenvalue weighted by Gasteiger charge is -2.04. The Morgan fingerprint density at radius 1 is 1.44 bits per heavy atom. The molecule has 1 aromatic heterocycles. The SMILES string of the molecule is C=CCCNS(=O)(=O)c1c[nH]c2cc(N)ccc12. The van der Waals surface area contributed by atoms with Crippen molar-refractivity contribution < 1.29 is 8.42 Å². The zero-order chi connectivity index (χ0) is 13.2. The van der Waals surface area contributed by atoms with Gasteiger partial charge < -0.3 is 10.7 Å². The van der Waals surface area contributed by atoms with Crippen molar-refractivity contribution >= 4 is 26.6 Å². The lowest BCUT2D eigenvalue weighted by Crippen LogP contribution is -2.24. The molecule has 0 fully saturated rings. The number of aromatic amines is 1. The summed E-state index contributed by atoms with van der Waals surface area (Å²) < 4.78 is 26.7. The van der Waals surface area contributed by atoms with Gasteiger partial charge in [0.1, 0.15) is 4.90 Å². The first-order valence-corrected chi connectivity index (χ1v) is 7.00. The number of H-pyrrole nitrogens is 1. The van der Waals surface area contributed by atoms with Crippen LogP contribution in [-0.2, 0) is 10.0 Å². The maximum absolute atomic E-state index is 12.1. The molecule has 1 heterocycles. The number of fused-ring (bicyclic) bond motifs is 1. The summed E-state index contributed by atoms with van der Waals surface area (Å²) in [7, 11) is -3.50. The molecule has 6 heteroatoms. The van der Waals surface area contributed by atoms with Crippen LogP contribution < -0.4 is 10.5 Å². The zero-order valence-electron chi connectivity index (χ0n) is 9.81. The molecule has 18 heavy (non-hydrogen) atoms. The summed E-state index contributed by atoms with van der Waals surface area (Å²) in [5.41, 5.74) is 6.94. The fourth-order valence-corrected chi connectivity index (χ4v) is 2.94. The Labute approximate surface area is 106 Å². The second kappa shape index (κ2) is 4.83. The van der Waals surface area contributed by atoms with Crippen LogP contribution in [0, 0.1) is 0 Å². The highest BCUT2D eigenvalue weighted by molar-refractivity contribution is 7.89. The van der Waals surface area contributed by atoms with Gasteiger partial charge in [0.15, 0.2) is 0 Å². The van der Waals surface area contributed by atoms with E-state index in [1.807, 2.05) is 0 Å². The second-order valence-electron chi connectivity index (χ2n) is 3.93. The summed E-state index contributed by atoms with van der Waals surface area (Å²) in [6, 6.07) is 5.08. The van der Waals surface area contributed by atoms with Gasteiger partial charge in [0.2, 0.25) is 10.0 Å². The van der Waals surface area contributed by atoms with Gasteiger partial charge >= 0.3 is 0 Å². The van der Waals surface area contributed by atoms with Crippen molar-refractivity contribution in [3.05, 3.63) is 37.1 Å². The Hall–Kier alpha value is -1.79. The van der Waals surface area contributed by atoms with Crippen molar-refractivity contribution in [2.75, 3.05) is 12.3 Å². The minimum absolute atomic E-state index is 0.238. The molecule has 2 rings (SSSR count). The monoisotopic (exact) mass is 265 g/mol. The second-order valence-corrected chi connectivity index (χ2v) is 5.67. The highest BCUT2D eigenvalue weighted by Gasteiger charge is 2.17. The van der Waals surface area contributed by atoms with E-state index in [0.717, 1.165) is 0 Å². The van der Waals surface area contributed by atoms with Crippen molar-refractivity contribution in [1.29, 1.82) is 0 Å². The van der Waals surface area contributed by atoms with Gasteiger partial charge in [0.25, 0.3) is 0 Å². The van der Waals surface area contributed by atoms with Crippen LogP contribution in [0.5, 0.6) is 0 Å². The number of aromatic nitrogens is 1. The van der Waals surface area contributed by atoms with Crippen LogP contribution in [0.25, 0.3) is 10.9 Å². The van der Waals surface area contributed by atoms with Gasteiger partial charge in [0, 0.05) is 29.3 Å². The lowest BCUT2D eigenvalue weighted by atomic mass is 10.2. The molecule has 0 saturated carbocycles. The predicted octanol–water partition coefficient (Wildman–Crippen LogP) is 1.60. The molecule has 0 saturated heterocycles. The molecule has 0 unspecified atom stereocenters. The standard InChI is InChI=1S/C12H15N3O2S/c1-2-3-6-15-18(16,17)12-8-14-11-7-9(13)4-5-10(11)12/h2,4-5,7-8,14-15H,1,3,6,13H2. The molecule has 0 radical (unpaired) electrons. The quantitative estimate of drug-likeness (QED) is 0.436. The maximum atomic E-state index is 12.1. The number of nitrogen functional groups attached to an aromatic ring is 1. The molecule has 0 bridgehead atoms. The summed E-state index contributed by atoms with van der Waals surface area (Å²) in [6.07, 6.45) is 3.73. The van der Waals surface area contributed by atoms with Crippen LogP contribution >= 0.6 is 0 Å². The molecule has 0 aliphatic carbocycles. The van der Waals surface area contributed by atoms with E-state index in [-0.39, 0.29) is 4.90 Å². The largest absolute Gasteiger partial charge is 0.399 e. The van der Waals surface area contributed by atoms with Crippen LogP contribution in [0.3, 0.4) is 0 Å². The Bertz CT molecular complexity index is 674. The predicted molar refractivity (Wildman–Crippen MR) is 72.7 cm³/mol. The molecule has 1 aromatic carbocycles. The summed E-state index contributed by atoms with van der Waals surface area (Å²) >= 11 is 0. The van der Waals surface area contributed by atoms with E-state index in [1.54, 1.807) is 24.3 Å². The van der Waals surface area contributed by atoms with Crippen LogP contribution in [0.15, 0.2) is 41.9 Å². The van der Waals surface area contributed by atoms with Gasteiger partial charge in [-0.3, -0.25) is 0 Å². The van der Waals surface area contributed by atoms with Crippen molar-refractivity contribution in [2.24, 2.45) is 0 Å². The number of sulfonamides is 1. The highest BCUT2D eigenvalue weighted by Crippen LogP contribution is 2.24. The molecule has 0 aliphatic rings. The minimum atomic E-state index is -3.50. The molecule has 5 nitrogen and oxygen atoms in total. The number of nitrogens with one attached hydrogen (secondary N) is 2. The molecule has 0 aliphatic heterocycles. The molecule has 0 atom stereocenters. The van der Waals surface area contributed by atoms with E-state index in [9.17, 15) is 8.42 Å². The van der Waals surface area contributed by atoms with Crippen LogP contribution in [0.4, 0.5) is 5.69 Å². The summed E-state index contributed by atoms with van der Waals surface area (Å²) in [4.78, 5) is 3.14. The van der Waals surface area contributed by atoms with Gasteiger partial charge in [-0.1, -0.05) is 6.08 Å². The van der Waals surface area contributed by atoms with Crippen LogP contribution in [-0.4, -0.2) is 19.9 Å². The first-order chi connectivity index (χ1) is 8.54. The third-order valence-corrected chi connectivity index (χ3v) is 4.10. The Kier molecular flexibility index (Phi) is 3.40. The third-order valence-electron chi connectivity index (χ3n) is 2.60. The average Bonchev–Trinajstić information content (AvgIpc) is 2.72. The smallest absolute Gasteiger partial charge is 0.242 e. The van der Waals surface area contributed by atoms with E-state index in [4.69, 9.17) is 5.73 Å². The minimum Gasteiger partial charge on any atom is -0.399 e. The molecule has 0 spiro atoms. The number of benzene rings is 1. The molecular formula is C12H15N3O2S. The van der Waals surface area contributed by atoms with E-state index in [0.29, 0.717) is 29.6 Å². The zero-order valence-corrected chi connectivity index (χ0v) is 10.6. The van der Waals surface area contributed by atoms with Crippen molar-refractivity contribution in [2.45, 2.75) is 11.3 Å². The number of nitrogens with two attached hydrogens (primary N) is 1. The Balaban J connectivity index is 2.38. The van der Waals surface area contributed by atoms with E-state index >= 15 is 0 Å². The molecule has 96 valence electrons. The first kappa shape index (κ1) is 12.7. The van der Waals surface area contributed by atoms with Gasteiger partial charge in [-0.05, 0) is 24.6 Å². The topological polar surface area (TPSA) is 88.0 Å². The number of hydrogen-bond donors (Lipinski definition) is 3. The Morgan fingerprint density at radius 2 is 2.22 bits per heavy atom. The molecule has 2 aromatic rings. The average molecular weight is 265 g/mol. The van der Waals surface area contributed by atoms with Gasteiger partial charge in [0.05, 0.1) is 0 Å². The number of hydrogen-bond acceptors (Lipinski definition) is 3. The van der Waals surface area contributed by atoms with Crippen molar-refractivity contribution in [3.8, 4) is 0 Å². The maximum Gasteiger partial charge on any atom is 0.242 e. The number of anilines is 1. The van der Waals surface area contributed by atoms with E-state index in [2.05, 4.69) is 16.3 Å². The molecule has 4 N–H and O–H groups in total. The summed E-state index contributed by atoms with van der Waals surface area (Å²) in [5.74, 6) is 0. The fraction of sp³-hybridized carbons (Fsp3) is 0.167. The van der Waals surface area contributed by atoms with Crippen LogP contribution in [0.2, 0.25) is 0 Å². The highest BCUT2D eigenvalue weighted by atomic mass is 32.2. The van der Waals surface area contributed by atoms with E-state index < -0.39 is 10.0 Å². The normalized spacial score (nSPS) is 11.8. The van der Waals surface area contributed by atoms with Gasteiger partial charge in [-0.25, -0.2) is 13.1 Å². The fourth-order valence-electron chi connectivity index (χ4n) is 1.71. The third kappa shape index (κ3) is 2.39. The van der Waals surface area contributed by atoms with Crippen molar-refractivity contribution in [3.63, 3.8) is 0 Å². The first-order valence-electron chi connectivity index (χ1n) is 5.52. The van der Waals surface area contributed by atoms with Crippen molar-refractivity contribution in [1.82, 2.24) is 9.71 Å². The lowest BCUT2D eigenvalue weighted by molar-refractivity contribution is 0.583. The number of rotatable bonds is 5. The van der Waals surface area contributed by atoms with Gasteiger partial charge in [-0.2, -0.15) is 0 Å². The summed E-state index contributed by atoms with van der Waals surface area (Å²) in [6.45, 7) is 3.89.